The van der Waals surface area contributed by atoms with Crippen LogP contribution in [0.5, 0.6) is 0 Å². The fourth-order valence-corrected chi connectivity index (χ4v) is 3.36. The number of thiazole rings is 1. The summed E-state index contributed by atoms with van der Waals surface area (Å²) in [6.45, 7) is 0.423. The van der Waals surface area contributed by atoms with Crippen LogP contribution in [0.4, 0.5) is 5.69 Å². The van der Waals surface area contributed by atoms with E-state index in [0.29, 0.717) is 12.1 Å². The van der Waals surface area contributed by atoms with Crippen LogP contribution in [0.25, 0.3) is 11.1 Å². The Morgan fingerprint density at radius 2 is 1.77 bits per heavy atom. The summed E-state index contributed by atoms with van der Waals surface area (Å²) in [5.41, 5.74) is 3.60. The van der Waals surface area contributed by atoms with Crippen LogP contribution < -0.4 is 4.90 Å². The SMILES string of the molecule is O=C(c1ccoc1)N(Cc1nccs1)c1ccc(-c2ccccc2)cc1. The minimum absolute atomic E-state index is 0.110. The lowest BCUT2D eigenvalue weighted by Crippen LogP contribution is -2.30. The molecule has 0 aliphatic rings. The molecular formula is C21H16N2O2S. The third-order valence-corrected chi connectivity index (χ3v) is 4.84. The largest absolute Gasteiger partial charge is 0.472 e. The summed E-state index contributed by atoms with van der Waals surface area (Å²) in [6.07, 6.45) is 4.72. The number of furan rings is 1. The molecule has 0 fully saturated rings. The van der Waals surface area contributed by atoms with Gasteiger partial charge in [-0.15, -0.1) is 11.3 Å². The smallest absolute Gasteiger partial charge is 0.261 e. The van der Waals surface area contributed by atoms with E-state index in [4.69, 9.17) is 4.42 Å². The van der Waals surface area contributed by atoms with Crippen LogP contribution in [-0.4, -0.2) is 10.9 Å². The van der Waals surface area contributed by atoms with Crippen molar-refractivity contribution in [2.75, 3.05) is 4.90 Å². The summed E-state index contributed by atoms with van der Waals surface area (Å²) in [6, 6.07) is 19.8. The second-order valence-electron chi connectivity index (χ2n) is 5.74. The highest BCUT2D eigenvalue weighted by Gasteiger charge is 2.20. The minimum Gasteiger partial charge on any atom is -0.472 e. The summed E-state index contributed by atoms with van der Waals surface area (Å²) < 4.78 is 5.07. The van der Waals surface area contributed by atoms with E-state index in [9.17, 15) is 4.79 Å². The molecule has 0 atom stereocenters. The lowest BCUT2D eigenvalue weighted by Gasteiger charge is -2.21. The molecule has 4 rings (SSSR count). The zero-order valence-electron chi connectivity index (χ0n) is 13.9. The van der Waals surface area contributed by atoms with Crippen molar-refractivity contribution in [3.8, 4) is 11.1 Å². The molecule has 0 aliphatic heterocycles. The van der Waals surface area contributed by atoms with Gasteiger partial charge in [-0.25, -0.2) is 4.98 Å². The summed E-state index contributed by atoms with van der Waals surface area (Å²) in [5, 5.41) is 2.79. The number of aromatic nitrogens is 1. The van der Waals surface area contributed by atoms with Gasteiger partial charge in [-0.2, -0.15) is 0 Å². The first-order chi connectivity index (χ1) is 12.8. The van der Waals surface area contributed by atoms with Crippen LogP contribution in [0, 0.1) is 0 Å². The van der Waals surface area contributed by atoms with E-state index in [0.717, 1.165) is 21.8 Å². The topological polar surface area (TPSA) is 46.3 Å². The van der Waals surface area contributed by atoms with Crippen molar-refractivity contribution in [3.63, 3.8) is 0 Å². The summed E-state index contributed by atoms with van der Waals surface area (Å²) in [4.78, 5) is 19.0. The molecule has 1 amide bonds. The van der Waals surface area contributed by atoms with Gasteiger partial charge in [-0.3, -0.25) is 4.79 Å². The lowest BCUT2D eigenvalue weighted by molar-refractivity contribution is 0.0984. The Hall–Kier alpha value is -3.18. The fourth-order valence-electron chi connectivity index (χ4n) is 2.75. The molecule has 2 aromatic heterocycles. The van der Waals surface area contributed by atoms with Gasteiger partial charge in [-0.1, -0.05) is 42.5 Å². The van der Waals surface area contributed by atoms with Gasteiger partial charge in [0.25, 0.3) is 5.91 Å². The van der Waals surface area contributed by atoms with E-state index in [1.165, 1.54) is 23.9 Å². The first-order valence-electron chi connectivity index (χ1n) is 8.19. The average Bonchev–Trinajstić information content (AvgIpc) is 3.40. The second-order valence-corrected chi connectivity index (χ2v) is 6.72. The molecule has 0 spiro atoms. The number of anilines is 1. The Kier molecular flexibility index (Phi) is 4.62. The maximum Gasteiger partial charge on any atom is 0.261 e. The molecule has 0 aliphatic carbocycles. The van der Waals surface area contributed by atoms with E-state index in [1.807, 2.05) is 47.8 Å². The molecule has 4 nitrogen and oxygen atoms in total. The summed E-state index contributed by atoms with van der Waals surface area (Å²) in [7, 11) is 0. The van der Waals surface area contributed by atoms with Crippen molar-refractivity contribution < 1.29 is 9.21 Å². The molecule has 5 heteroatoms. The molecule has 0 N–H and O–H groups in total. The minimum atomic E-state index is -0.110. The van der Waals surface area contributed by atoms with Gasteiger partial charge in [0.15, 0.2) is 0 Å². The number of amides is 1. The maximum absolute atomic E-state index is 12.9. The maximum atomic E-state index is 12.9. The van der Waals surface area contributed by atoms with E-state index in [1.54, 1.807) is 17.2 Å². The first-order valence-corrected chi connectivity index (χ1v) is 9.07. The Balaban J connectivity index is 1.66. The predicted molar refractivity (Wildman–Crippen MR) is 103 cm³/mol. The van der Waals surface area contributed by atoms with Gasteiger partial charge >= 0.3 is 0 Å². The Morgan fingerprint density at radius 1 is 1.00 bits per heavy atom. The Bertz CT molecular complexity index is 963. The van der Waals surface area contributed by atoms with Gasteiger partial charge in [0.2, 0.25) is 0 Å². The molecule has 0 saturated heterocycles. The lowest BCUT2D eigenvalue weighted by atomic mass is 10.1. The highest BCUT2D eigenvalue weighted by atomic mass is 32.1. The van der Waals surface area contributed by atoms with Crippen molar-refractivity contribution in [2.45, 2.75) is 6.54 Å². The molecule has 4 aromatic rings. The number of hydrogen-bond donors (Lipinski definition) is 0. The van der Waals surface area contributed by atoms with Gasteiger partial charge in [0.05, 0.1) is 18.4 Å². The van der Waals surface area contributed by atoms with Crippen LogP contribution in [0.2, 0.25) is 0 Å². The third kappa shape index (κ3) is 3.43. The van der Waals surface area contributed by atoms with E-state index in [-0.39, 0.29) is 5.91 Å². The molecule has 26 heavy (non-hydrogen) atoms. The van der Waals surface area contributed by atoms with Crippen molar-refractivity contribution in [1.82, 2.24) is 4.98 Å². The molecule has 2 aromatic carbocycles. The van der Waals surface area contributed by atoms with Crippen molar-refractivity contribution >= 4 is 22.9 Å². The van der Waals surface area contributed by atoms with Crippen molar-refractivity contribution in [2.24, 2.45) is 0 Å². The number of benzene rings is 2. The van der Waals surface area contributed by atoms with E-state index < -0.39 is 0 Å². The zero-order chi connectivity index (χ0) is 17.8. The third-order valence-electron chi connectivity index (χ3n) is 4.08. The second kappa shape index (κ2) is 7.37. The zero-order valence-corrected chi connectivity index (χ0v) is 14.7. The number of carbonyl (C=O) groups is 1. The summed E-state index contributed by atoms with van der Waals surface area (Å²) >= 11 is 1.53. The standard InChI is InChI=1S/C21H16N2O2S/c24-21(18-10-12-25-15-18)23(14-20-22-11-13-26-20)19-8-6-17(7-9-19)16-4-2-1-3-5-16/h1-13,15H,14H2. The van der Waals surface area contributed by atoms with Crippen molar-refractivity contribution in [3.05, 3.63) is 95.3 Å². The van der Waals surface area contributed by atoms with Gasteiger partial charge in [0.1, 0.15) is 11.3 Å². The predicted octanol–water partition coefficient (Wildman–Crippen LogP) is 5.25. The van der Waals surface area contributed by atoms with Crippen molar-refractivity contribution in [1.29, 1.82) is 0 Å². The van der Waals surface area contributed by atoms with Gasteiger partial charge in [0, 0.05) is 17.3 Å². The van der Waals surface area contributed by atoms with Gasteiger partial charge in [-0.05, 0) is 29.3 Å². The Morgan fingerprint density at radius 3 is 2.42 bits per heavy atom. The van der Waals surface area contributed by atoms with E-state index in [2.05, 4.69) is 17.1 Å². The number of carbonyl (C=O) groups excluding carboxylic acids is 1. The van der Waals surface area contributed by atoms with Crippen LogP contribution in [0.1, 0.15) is 15.4 Å². The average molecular weight is 360 g/mol. The quantitative estimate of drug-likeness (QED) is 0.488. The molecule has 0 bridgehead atoms. The number of hydrogen-bond acceptors (Lipinski definition) is 4. The van der Waals surface area contributed by atoms with Crippen LogP contribution in [0.3, 0.4) is 0 Å². The van der Waals surface area contributed by atoms with Crippen LogP contribution in [-0.2, 0) is 6.54 Å². The summed E-state index contributed by atoms with van der Waals surface area (Å²) in [5.74, 6) is -0.110. The monoisotopic (exact) mass is 360 g/mol. The normalized spacial score (nSPS) is 10.6. The highest BCUT2D eigenvalue weighted by Crippen LogP contribution is 2.26. The molecule has 0 unspecified atom stereocenters. The molecular weight excluding hydrogens is 344 g/mol. The number of nitrogens with zero attached hydrogens (tertiary/aromatic N) is 2. The first kappa shape index (κ1) is 16.3. The van der Waals surface area contributed by atoms with Crippen LogP contribution in [0.15, 0.2) is 89.2 Å². The molecule has 0 radical (unpaired) electrons. The number of rotatable bonds is 5. The van der Waals surface area contributed by atoms with E-state index >= 15 is 0 Å². The van der Waals surface area contributed by atoms with Crippen LogP contribution >= 0.6 is 11.3 Å². The molecule has 2 heterocycles. The molecule has 0 saturated carbocycles. The fraction of sp³-hybridized carbons (Fsp3) is 0.0476. The molecule has 128 valence electrons. The highest BCUT2D eigenvalue weighted by molar-refractivity contribution is 7.09. The van der Waals surface area contributed by atoms with Gasteiger partial charge < -0.3 is 9.32 Å². The Labute approximate surface area is 155 Å².